The van der Waals surface area contributed by atoms with Gasteiger partial charge in [0.2, 0.25) is 0 Å². The summed E-state index contributed by atoms with van der Waals surface area (Å²) >= 11 is 0. The molecule has 20 heavy (non-hydrogen) atoms. The largest absolute Gasteiger partial charge is 0.495 e. The predicted molar refractivity (Wildman–Crippen MR) is 74.9 cm³/mol. The zero-order valence-corrected chi connectivity index (χ0v) is 11.9. The molecule has 2 rings (SSSR count). The summed E-state index contributed by atoms with van der Waals surface area (Å²) in [6.07, 6.45) is 0. The minimum atomic E-state index is -3.87. The number of sulfonamides is 1. The molecule has 0 spiro atoms. The highest BCUT2D eigenvalue weighted by Gasteiger charge is 2.19. The lowest BCUT2D eigenvalue weighted by atomic mass is 10.2. The fourth-order valence-electron chi connectivity index (χ4n) is 1.79. The first-order valence-electron chi connectivity index (χ1n) is 5.86. The standard InChI is InChI=1S/C14H14FNO3S/c1-10-7-8-11(15)9-14(10)20(17,18)16-12-5-3-4-6-13(12)19-2/h3-9,16H,1-2H3. The molecule has 0 heterocycles. The second kappa shape index (κ2) is 5.50. The number of nitrogens with one attached hydrogen (secondary N) is 1. The van der Waals surface area contributed by atoms with E-state index in [0.29, 0.717) is 17.0 Å². The second-order valence-electron chi connectivity index (χ2n) is 4.22. The highest BCUT2D eigenvalue weighted by Crippen LogP contribution is 2.27. The van der Waals surface area contributed by atoms with E-state index in [-0.39, 0.29) is 4.90 Å². The third-order valence-corrected chi connectivity index (χ3v) is 4.30. The number of methoxy groups -OCH3 is 1. The molecule has 6 heteroatoms. The van der Waals surface area contributed by atoms with Gasteiger partial charge < -0.3 is 4.74 Å². The second-order valence-corrected chi connectivity index (χ2v) is 5.87. The Hall–Kier alpha value is -2.08. The lowest BCUT2D eigenvalue weighted by Crippen LogP contribution is -2.15. The van der Waals surface area contributed by atoms with E-state index >= 15 is 0 Å². The molecule has 0 aliphatic heterocycles. The molecular weight excluding hydrogens is 281 g/mol. The smallest absolute Gasteiger partial charge is 0.262 e. The van der Waals surface area contributed by atoms with Crippen LogP contribution in [0, 0.1) is 12.7 Å². The van der Waals surface area contributed by atoms with Crippen molar-refractivity contribution in [3.8, 4) is 5.75 Å². The average Bonchev–Trinajstić information content (AvgIpc) is 2.41. The van der Waals surface area contributed by atoms with Gasteiger partial charge in [0.15, 0.2) is 0 Å². The number of hydrogen-bond acceptors (Lipinski definition) is 3. The first kappa shape index (κ1) is 14.3. The minimum Gasteiger partial charge on any atom is -0.495 e. The van der Waals surface area contributed by atoms with Gasteiger partial charge in [-0.05, 0) is 36.8 Å². The number of hydrogen-bond donors (Lipinski definition) is 1. The molecule has 0 unspecified atom stereocenters. The number of anilines is 1. The topological polar surface area (TPSA) is 55.4 Å². The van der Waals surface area contributed by atoms with E-state index < -0.39 is 15.8 Å². The molecule has 2 aromatic rings. The predicted octanol–water partition coefficient (Wildman–Crippen LogP) is 2.94. The van der Waals surface area contributed by atoms with Crippen LogP contribution in [0.4, 0.5) is 10.1 Å². The van der Waals surface area contributed by atoms with Crippen molar-refractivity contribution in [2.45, 2.75) is 11.8 Å². The molecule has 106 valence electrons. The molecule has 0 aliphatic carbocycles. The van der Waals surface area contributed by atoms with Crippen LogP contribution in [0.5, 0.6) is 5.75 Å². The summed E-state index contributed by atoms with van der Waals surface area (Å²) in [5, 5.41) is 0. The van der Waals surface area contributed by atoms with Gasteiger partial charge >= 0.3 is 0 Å². The number of aryl methyl sites for hydroxylation is 1. The fraction of sp³-hybridized carbons (Fsp3) is 0.143. The maximum atomic E-state index is 13.2. The highest BCUT2D eigenvalue weighted by atomic mass is 32.2. The Morgan fingerprint density at radius 2 is 1.85 bits per heavy atom. The van der Waals surface area contributed by atoms with Crippen molar-refractivity contribution >= 4 is 15.7 Å². The van der Waals surface area contributed by atoms with Gasteiger partial charge in [0.05, 0.1) is 17.7 Å². The number of benzene rings is 2. The summed E-state index contributed by atoms with van der Waals surface area (Å²) in [5.41, 5.74) is 0.771. The van der Waals surface area contributed by atoms with Crippen molar-refractivity contribution in [2.75, 3.05) is 11.8 Å². The Labute approximate surface area is 117 Å². The monoisotopic (exact) mass is 295 g/mol. The van der Waals surface area contributed by atoms with E-state index in [0.717, 1.165) is 6.07 Å². The maximum Gasteiger partial charge on any atom is 0.262 e. The summed E-state index contributed by atoms with van der Waals surface area (Å²) < 4.78 is 45.3. The molecular formula is C14H14FNO3S. The molecule has 0 aliphatic rings. The quantitative estimate of drug-likeness (QED) is 0.943. The van der Waals surface area contributed by atoms with Crippen LogP contribution < -0.4 is 9.46 Å². The molecule has 2 aromatic carbocycles. The normalized spacial score (nSPS) is 11.2. The summed E-state index contributed by atoms with van der Waals surface area (Å²) in [7, 11) is -2.42. The van der Waals surface area contributed by atoms with Crippen molar-refractivity contribution in [3.63, 3.8) is 0 Å². The first-order valence-corrected chi connectivity index (χ1v) is 7.34. The Morgan fingerprint density at radius 1 is 1.15 bits per heavy atom. The molecule has 0 radical (unpaired) electrons. The summed E-state index contributed by atoms with van der Waals surface area (Å²) in [4.78, 5) is -0.0941. The molecule has 0 atom stereocenters. The Kier molecular flexibility index (Phi) is 3.94. The van der Waals surface area contributed by atoms with E-state index in [1.165, 1.54) is 19.2 Å². The number of rotatable bonds is 4. The van der Waals surface area contributed by atoms with E-state index in [9.17, 15) is 12.8 Å². The van der Waals surface area contributed by atoms with Gasteiger partial charge in [0.25, 0.3) is 10.0 Å². The van der Waals surface area contributed by atoms with Gasteiger partial charge in [-0.3, -0.25) is 4.72 Å². The van der Waals surface area contributed by atoms with E-state index in [1.807, 2.05) is 0 Å². The van der Waals surface area contributed by atoms with Gasteiger partial charge in [-0.25, -0.2) is 12.8 Å². The van der Waals surface area contributed by atoms with Crippen LogP contribution in [-0.2, 0) is 10.0 Å². The molecule has 0 saturated carbocycles. The van der Waals surface area contributed by atoms with Crippen LogP contribution >= 0.6 is 0 Å². The van der Waals surface area contributed by atoms with Crippen LogP contribution in [0.3, 0.4) is 0 Å². The van der Waals surface area contributed by atoms with Crippen molar-refractivity contribution in [1.82, 2.24) is 0 Å². The molecule has 0 fully saturated rings. The lowest BCUT2D eigenvalue weighted by Gasteiger charge is -2.13. The molecule has 0 bridgehead atoms. The molecule has 0 aromatic heterocycles. The highest BCUT2D eigenvalue weighted by molar-refractivity contribution is 7.92. The van der Waals surface area contributed by atoms with Crippen LogP contribution in [0.2, 0.25) is 0 Å². The molecule has 4 nitrogen and oxygen atoms in total. The van der Waals surface area contributed by atoms with Gasteiger partial charge in [-0.15, -0.1) is 0 Å². The molecule has 0 saturated heterocycles. The summed E-state index contributed by atoms with van der Waals surface area (Å²) in [5.74, 6) is -0.207. The third kappa shape index (κ3) is 2.91. The molecule has 1 N–H and O–H groups in total. The maximum absolute atomic E-state index is 13.2. The van der Waals surface area contributed by atoms with Crippen LogP contribution in [0.25, 0.3) is 0 Å². The van der Waals surface area contributed by atoms with Crippen molar-refractivity contribution < 1.29 is 17.5 Å². The lowest BCUT2D eigenvalue weighted by molar-refractivity contribution is 0.417. The van der Waals surface area contributed by atoms with Crippen molar-refractivity contribution in [2.24, 2.45) is 0 Å². The van der Waals surface area contributed by atoms with E-state index in [1.54, 1.807) is 31.2 Å². The first-order chi connectivity index (χ1) is 9.44. The van der Waals surface area contributed by atoms with E-state index in [2.05, 4.69) is 4.72 Å². The zero-order valence-electron chi connectivity index (χ0n) is 11.1. The SMILES string of the molecule is COc1ccccc1NS(=O)(=O)c1cc(F)ccc1C. The summed E-state index contributed by atoms with van der Waals surface area (Å²) in [6, 6.07) is 10.3. The fourth-order valence-corrected chi connectivity index (χ4v) is 3.12. The Balaban J connectivity index is 2.43. The third-order valence-electron chi connectivity index (χ3n) is 2.79. The zero-order chi connectivity index (χ0) is 14.8. The molecule has 0 amide bonds. The van der Waals surface area contributed by atoms with Gasteiger partial charge in [-0.1, -0.05) is 18.2 Å². The Morgan fingerprint density at radius 3 is 2.55 bits per heavy atom. The van der Waals surface area contributed by atoms with Gasteiger partial charge in [0, 0.05) is 0 Å². The van der Waals surface area contributed by atoms with E-state index in [4.69, 9.17) is 4.74 Å². The van der Waals surface area contributed by atoms with Gasteiger partial charge in [0.1, 0.15) is 11.6 Å². The van der Waals surface area contributed by atoms with Crippen LogP contribution in [0.15, 0.2) is 47.4 Å². The van der Waals surface area contributed by atoms with Crippen LogP contribution in [-0.4, -0.2) is 15.5 Å². The van der Waals surface area contributed by atoms with Crippen LogP contribution in [0.1, 0.15) is 5.56 Å². The van der Waals surface area contributed by atoms with Gasteiger partial charge in [-0.2, -0.15) is 0 Å². The minimum absolute atomic E-state index is 0.0941. The van der Waals surface area contributed by atoms with Crippen molar-refractivity contribution in [1.29, 1.82) is 0 Å². The summed E-state index contributed by atoms with van der Waals surface area (Å²) in [6.45, 7) is 1.61. The number of para-hydroxylation sites is 2. The average molecular weight is 295 g/mol. The number of ether oxygens (including phenoxy) is 1. The van der Waals surface area contributed by atoms with Crippen molar-refractivity contribution in [3.05, 3.63) is 53.8 Å². The Bertz CT molecular complexity index is 729. The number of halogens is 1.